The highest BCUT2D eigenvalue weighted by molar-refractivity contribution is 6.01. The molecule has 0 atom stereocenters. The van der Waals surface area contributed by atoms with Crippen LogP contribution in [0, 0.1) is 18.8 Å². The van der Waals surface area contributed by atoms with Crippen molar-refractivity contribution < 1.29 is 28.3 Å². The third-order valence-corrected chi connectivity index (χ3v) is 9.82. The quantitative estimate of drug-likeness (QED) is 0.197. The monoisotopic (exact) mass is 692 g/mol. The molecule has 1 heterocycles. The van der Waals surface area contributed by atoms with Gasteiger partial charge in [0, 0.05) is 19.5 Å². The number of ether oxygens (including phenoxy) is 2. The Kier molecular flexibility index (Phi) is 11.8. The van der Waals surface area contributed by atoms with Crippen molar-refractivity contribution in [3.63, 3.8) is 0 Å². The molecule has 4 rings (SSSR count). The van der Waals surface area contributed by atoms with Crippen LogP contribution in [0.4, 0.5) is 9.59 Å². The number of aliphatic imine (C=N–C) groups is 1. The predicted octanol–water partition coefficient (Wildman–Crippen LogP) is 8.47. The van der Waals surface area contributed by atoms with Gasteiger partial charge in [0.1, 0.15) is 17.0 Å². The zero-order valence-corrected chi connectivity index (χ0v) is 32.2. The third kappa shape index (κ3) is 11.1. The molecular weight excluding hydrogens is 632 g/mol. The first-order valence-electron chi connectivity index (χ1n) is 18.2. The van der Waals surface area contributed by atoms with Crippen LogP contribution in [0.2, 0.25) is 0 Å². The third-order valence-electron chi connectivity index (χ3n) is 9.82. The molecule has 1 aromatic carbocycles. The fourth-order valence-corrected chi connectivity index (χ4v) is 6.81. The lowest BCUT2D eigenvalue weighted by atomic mass is 9.62. The zero-order valence-electron chi connectivity index (χ0n) is 32.2. The molecule has 0 aliphatic heterocycles. The number of fused-ring (bicyclic) bond motifs is 1. The molecule has 3 amide bonds. The van der Waals surface area contributed by atoms with Crippen LogP contribution >= 0.6 is 0 Å². The van der Waals surface area contributed by atoms with E-state index >= 15 is 0 Å². The molecule has 1 fully saturated rings. The number of benzene rings is 1. The number of aryl methyl sites for hydroxylation is 1. The number of furan rings is 1. The van der Waals surface area contributed by atoms with E-state index in [4.69, 9.17) is 13.9 Å². The van der Waals surface area contributed by atoms with Gasteiger partial charge in [-0.2, -0.15) is 0 Å². The first-order valence-corrected chi connectivity index (χ1v) is 18.2. The van der Waals surface area contributed by atoms with E-state index in [1.807, 2.05) is 6.07 Å². The van der Waals surface area contributed by atoms with Crippen LogP contribution in [0.15, 0.2) is 33.7 Å². The van der Waals surface area contributed by atoms with E-state index in [0.717, 1.165) is 37.9 Å². The van der Waals surface area contributed by atoms with Gasteiger partial charge in [0.25, 0.3) is 5.91 Å². The molecule has 1 aromatic heterocycles. The minimum Gasteiger partial charge on any atom is -0.456 e. The van der Waals surface area contributed by atoms with Gasteiger partial charge in [0.05, 0.1) is 0 Å². The second-order valence-electron chi connectivity index (χ2n) is 17.6. The summed E-state index contributed by atoms with van der Waals surface area (Å²) in [4.78, 5) is 42.3. The van der Waals surface area contributed by atoms with Crippen molar-refractivity contribution >= 4 is 24.1 Å². The molecule has 1 saturated carbocycles. The summed E-state index contributed by atoms with van der Waals surface area (Å²) in [5.74, 6) is 1.54. The topological polar surface area (TPSA) is 131 Å². The van der Waals surface area contributed by atoms with E-state index in [9.17, 15) is 14.4 Å². The second kappa shape index (κ2) is 15.2. The van der Waals surface area contributed by atoms with Gasteiger partial charge in [0.15, 0.2) is 5.76 Å². The molecule has 0 saturated heterocycles. The van der Waals surface area contributed by atoms with E-state index in [1.165, 1.54) is 28.7 Å². The lowest BCUT2D eigenvalue weighted by Gasteiger charge is -2.42. The lowest BCUT2D eigenvalue weighted by molar-refractivity contribution is 0.0544. The highest BCUT2D eigenvalue weighted by Gasteiger charge is 2.37. The van der Waals surface area contributed by atoms with E-state index in [2.05, 4.69) is 67.7 Å². The molecule has 2 aliphatic carbocycles. The number of hydrogen-bond acceptors (Lipinski definition) is 7. The standard InChI is InChI=1S/C40H60N4O6/c1-25-20-30-31(40(10,11)19-18-39(30,8)9)22-28(25)21-29-16-17-32(48-29)33(45)41-23-26-12-14-27(15-13-26)24-42-34(43-35(46)49-37(2,3)4)44-36(47)50-38(5,6)7/h16-17,20,22,26-27H,12-15,18-19,21,23-24H2,1-11H3,(H,41,45)(H2,42,43,44,46,47). The van der Waals surface area contributed by atoms with Gasteiger partial charge in [-0.3, -0.25) is 20.4 Å². The predicted molar refractivity (Wildman–Crippen MR) is 197 cm³/mol. The average Bonchev–Trinajstić information content (AvgIpc) is 3.45. The van der Waals surface area contributed by atoms with Crippen molar-refractivity contribution in [3.8, 4) is 0 Å². The summed E-state index contributed by atoms with van der Waals surface area (Å²) < 4.78 is 16.7. The number of carbonyl (C=O) groups is 3. The largest absolute Gasteiger partial charge is 0.456 e. The maximum Gasteiger partial charge on any atom is 0.414 e. The molecule has 0 bridgehead atoms. The van der Waals surface area contributed by atoms with E-state index in [1.54, 1.807) is 47.6 Å². The molecule has 0 spiro atoms. The molecule has 2 aromatic rings. The Balaban J connectivity index is 1.28. The van der Waals surface area contributed by atoms with Gasteiger partial charge in [-0.25, -0.2) is 9.59 Å². The summed E-state index contributed by atoms with van der Waals surface area (Å²) in [6.07, 6.45) is 5.27. The lowest BCUT2D eigenvalue weighted by Crippen LogP contribution is -2.47. The summed E-state index contributed by atoms with van der Waals surface area (Å²) >= 11 is 0. The van der Waals surface area contributed by atoms with E-state index < -0.39 is 23.4 Å². The number of carbonyl (C=O) groups excluding carboxylic acids is 3. The number of nitrogens with one attached hydrogen (secondary N) is 3. The first kappa shape index (κ1) is 39.0. The van der Waals surface area contributed by atoms with Gasteiger partial charge in [-0.1, -0.05) is 39.8 Å². The number of nitrogens with zero attached hydrogens (tertiary/aromatic N) is 1. The highest BCUT2D eigenvalue weighted by atomic mass is 16.6. The van der Waals surface area contributed by atoms with Crippen LogP contribution in [0.5, 0.6) is 0 Å². The van der Waals surface area contributed by atoms with Crippen molar-refractivity contribution in [3.05, 3.63) is 58.0 Å². The van der Waals surface area contributed by atoms with E-state index in [-0.39, 0.29) is 28.6 Å². The number of alkyl carbamates (subject to hydrolysis) is 2. The Morgan fingerprint density at radius 2 is 1.34 bits per heavy atom. The van der Waals surface area contributed by atoms with Crippen LogP contribution in [0.3, 0.4) is 0 Å². The van der Waals surface area contributed by atoms with Crippen LogP contribution in [0.25, 0.3) is 0 Å². The van der Waals surface area contributed by atoms with Crippen molar-refractivity contribution in [2.24, 2.45) is 16.8 Å². The SMILES string of the molecule is Cc1cc2c(cc1Cc1ccc(C(=O)NCC3CCC(CN=C(NC(=O)OC(C)(C)C)NC(=O)OC(C)(C)C)CC3)o1)C(C)(C)CCC2(C)C. The van der Waals surface area contributed by atoms with Gasteiger partial charge in [-0.15, -0.1) is 0 Å². The minimum absolute atomic E-state index is 0.00437. The van der Waals surface area contributed by atoms with Crippen LogP contribution in [-0.2, 0) is 26.7 Å². The molecular formula is C40H60N4O6. The number of guanidine groups is 1. The molecule has 3 N–H and O–H groups in total. The fourth-order valence-electron chi connectivity index (χ4n) is 6.81. The fraction of sp³-hybridized carbons (Fsp3) is 0.650. The Morgan fingerprint density at radius 1 is 0.820 bits per heavy atom. The Morgan fingerprint density at radius 3 is 1.88 bits per heavy atom. The summed E-state index contributed by atoms with van der Waals surface area (Å²) in [5, 5.41) is 8.17. The molecule has 276 valence electrons. The van der Waals surface area contributed by atoms with Gasteiger partial charge < -0.3 is 19.2 Å². The molecule has 10 nitrogen and oxygen atoms in total. The number of hydrogen-bond donors (Lipinski definition) is 3. The molecule has 50 heavy (non-hydrogen) atoms. The summed E-state index contributed by atoms with van der Waals surface area (Å²) in [6.45, 7) is 23.1. The number of amides is 3. The van der Waals surface area contributed by atoms with Crippen LogP contribution in [0.1, 0.15) is 146 Å². The summed E-state index contributed by atoms with van der Waals surface area (Å²) in [5.41, 5.74) is 4.27. The Bertz CT molecular complexity index is 1530. The minimum atomic E-state index is -0.711. The zero-order chi connectivity index (χ0) is 37.1. The van der Waals surface area contributed by atoms with Crippen LogP contribution in [-0.4, -0.2) is 48.3 Å². The maximum absolute atomic E-state index is 13.0. The van der Waals surface area contributed by atoms with Gasteiger partial charge in [-0.05, 0) is 144 Å². The second-order valence-corrected chi connectivity index (χ2v) is 17.6. The normalized spacial score (nSPS) is 19.8. The molecule has 0 radical (unpaired) electrons. The molecule has 10 heteroatoms. The Hall–Kier alpha value is -3.82. The number of rotatable bonds is 7. The molecule has 2 aliphatic rings. The van der Waals surface area contributed by atoms with Gasteiger partial charge >= 0.3 is 12.2 Å². The van der Waals surface area contributed by atoms with E-state index in [0.29, 0.717) is 31.2 Å². The highest BCUT2D eigenvalue weighted by Crippen LogP contribution is 2.46. The van der Waals surface area contributed by atoms with Gasteiger partial charge in [0.2, 0.25) is 5.96 Å². The van der Waals surface area contributed by atoms with Crippen molar-refractivity contribution in [1.82, 2.24) is 16.0 Å². The smallest absolute Gasteiger partial charge is 0.414 e. The molecule has 0 unspecified atom stereocenters. The van der Waals surface area contributed by atoms with Crippen molar-refractivity contribution in [1.29, 1.82) is 0 Å². The summed E-state index contributed by atoms with van der Waals surface area (Å²) in [7, 11) is 0. The summed E-state index contributed by atoms with van der Waals surface area (Å²) in [6, 6.07) is 8.42. The van der Waals surface area contributed by atoms with Crippen molar-refractivity contribution in [2.75, 3.05) is 13.1 Å². The maximum atomic E-state index is 13.0. The van der Waals surface area contributed by atoms with Crippen LogP contribution < -0.4 is 16.0 Å². The Labute approximate surface area is 298 Å². The first-order chi connectivity index (χ1) is 23.1. The van der Waals surface area contributed by atoms with Crippen molar-refractivity contribution in [2.45, 2.75) is 143 Å². The average molecular weight is 693 g/mol.